The first-order valence-corrected chi connectivity index (χ1v) is 5.68. The van der Waals surface area contributed by atoms with Crippen LogP contribution in [0.3, 0.4) is 0 Å². The highest BCUT2D eigenvalue weighted by atomic mass is 19.1. The molecule has 1 rings (SSSR count). The molecule has 2 heteroatoms. The molecule has 0 amide bonds. The molecule has 1 nitrogen and oxygen atoms in total. The van der Waals surface area contributed by atoms with Crippen LogP contribution in [0.25, 0.3) is 5.57 Å². The van der Waals surface area contributed by atoms with Gasteiger partial charge in [-0.25, -0.2) is 4.39 Å². The lowest BCUT2D eigenvalue weighted by molar-refractivity contribution is 0.385. The first-order chi connectivity index (χ1) is 7.65. The van der Waals surface area contributed by atoms with Crippen LogP contribution in [0, 0.1) is 5.82 Å². The highest BCUT2D eigenvalue weighted by Crippen LogP contribution is 2.29. The third kappa shape index (κ3) is 2.43. The molecule has 0 aliphatic carbocycles. The lowest BCUT2D eigenvalue weighted by Crippen LogP contribution is -1.98. The third-order valence-electron chi connectivity index (χ3n) is 2.70. The second-order valence-electron chi connectivity index (χ2n) is 3.76. The Balaban J connectivity index is 3.37. The molecule has 1 aromatic rings. The molecule has 0 N–H and O–H groups in total. The van der Waals surface area contributed by atoms with Gasteiger partial charge >= 0.3 is 0 Å². The maximum Gasteiger partial charge on any atom is 0.172 e. The highest BCUT2D eigenvalue weighted by Gasteiger charge is 2.13. The lowest BCUT2D eigenvalue weighted by atomic mass is 9.97. The van der Waals surface area contributed by atoms with Crippen molar-refractivity contribution in [2.24, 2.45) is 0 Å². The molecule has 0 spiro atoms. The van der Waals surface area contributed by atoms with Crippen molar-refractivity contribution in [2.75, 3.05) is 7.11 Å². The Labute approximate surface area is 96.9 Å². The van der Waals surface area contributed by atoms with Crippen LogP contribution in [-0.4, -0.2) is 7.11 Å². The molecule has 88 valence electrons. The van der Waals surface area contributed by atoms with Gasteiger partial charge in [0.25, 0.3) is 0 Å². The molecule has 0 aliphatic rings. The zero-order valence-electron chi connectivity index (χ0n) is 10.4. The Morgan fingerprint density at radius 3 is 2.56 bits per heavy atom. The molecule has 16 heavy (non-hydrogen) atoms. The van der Waals surface area contributed by atoms with Crippen LogP contribution >= 0.6 is 0 Å². The van der Waals surface area contributed by atoms with Gasteiger partial charge < -0.3 is 4.74 Å². The van der Waals surface area contributed by atoms with E-state index in [4.69, 9.17) is 4.74 Å². The molecule has 1 aromatic carbocycles. The molecule has 0 heterocycles. The van der Waals surface area contributed by atoms with E-state index in [2.05, 4.69) is 0 Å². The Hall–Kier alpha value is -1.31. The standard InChI is InChI=1S/C14H19FO/c1-5-7-10(3)13-11(6-2)8-9-12(16-4)14(13)15/h7-9H,5-6H2,1-4H3/b10-7+. The Bertz CT molecular complexity index is 394. The molecule has 0 saturated heterocycles. The molecule has 0 aromatic heterocycles. The van der Waals surface area contributed by atoms with Crippen molar-refractivity contribution in [1.29, 1.82) is 0 Å². The molecule has 0 bridgehead atoms. The Morgan fingerprint density at radius 2 is 2.06 bits per heavy atom. The zero-order chi connectivity index (χ0) is 12.1. The number of methoxy groups -OCH3 is 1. The number of rotatable bonds is 4. The summed E-state index contributed by atoms with van der Waals surface area (Å²) in [6, 6.07) is 3.63. The number of aryl methyl sites for hydroxylation is 1. The van der Waals surface area contributed by atoms with E-state index in [1.807, 2.05) is 32.9 Å². The molecular formula is C14H19FO. The van der Waals surface area contributed by atoms with Gasteiger partial charge in [-0.05, 0) is 37.0 Å². The van der Waals surface area contributed by atoms with Gasteiger partial charge in [-0.2, -0.15) is 0 Å². The van der Waals surface area contributed by atoms with Crippen LogP contribution < -0.4 is 4.74 Å². The van der Waals surface area contributed by atoms with Crippen LogP contribution in [0.1, 0.15) is 38.3 Å². The first kappa shape index (κ1) is 12.8. The summed E-state index contributed by atoms with van der Waals surface area (Å²) in [5, 5.41) is 0. The lowest BCUT2D eigenvalue weighted by Gasteiger charge is -2.12. The van der Waals surface area contributed by atoms with Gasteiger partial charge in [0, 0.05) is 5.56 Å². The summed E-state index contributed by atoms with van der Waals surface area (Å²) in [7, 11) is 1.49. The average Bonchev–Trinajstić information content (AvgIpc) is 2.28. The minimum absolute atomic E-state index is 0.246. The Kier molecular flexibility index (Phi) is 4.53. The number of ether oxygens (including phenoxy) is 1. The molecule has 0 unspecified atom stereocenters. The van der Waals surface area contributed by atoms with Gasteiger partial charge in [-0.3, -0.25) is 0 Å². The van der Waals surface area contributed by atoms with Gasteiger partial charge in [0.1, 0.15) is 0 Å². The number of hydrogen-bond acceptors (Lipinski definition) is 1. The number of halogens is 1. The van der Waals surface area contributed by atoms with E-state index in [-0.39, 0.29) is 5.82 Å². The normalized spacial score (nSPS) is 11.7. The second-order valence-corrected chi connectivity index (χ2v) is 3.76. The van der Waals surface area contributed by atoms with E-state index in [1.54, 1.807) is 6.07 Å². The van der Waals surface area contributed by atoms with Gasteiger partial charge in [-0.1, -0.05) is 26.0 Å². The maximum absolute atomic E-state index is 14.1. The predicted octanol–water partition coefficient (Wildman–Crippen LogP) is 4.21. The van der Waals surface area contributed by atoms with Crippen LogP contribution in [-0.2, 0) is 6.42 Å². The van der Waals surface area contributed by atoms with Crippen molar-refractivity contribution in [3.8, 4) is 5.75 Å². The van der Waals surface area contributed by atoms with Crippen molar-refractivity contribution >= 4 is 5.57 Å². The number of allylic oxidation sites excluding steroid dienone is 2. The monoisotopic (exact) mass is 222 g/mol. The van der Waals surface area contributed by atoms with Gasteiger partial charge in [0.15, 0.2) is 11.6 Å². The van der Waals surface area contributed by atoms with E-state index in [0.29, 0.717) is 11.3 Å². The van der Waals surface area contributed by atoms with Crippen molar-refractivity contribution in [3.05, 3.63) is 35.2 Å². The van der Waals surface area contributed by atoms with Gasteiger partial charge in [0.2, 0.25) is 0 Å². The summed E-state index contributed by atoms with van der Waals surface area (Å²) < 4.78 is 19.1. The van der Waals surface area contributed by atoms with E-state index < -0.39 is 0 Å². The molecular weight excluding hydrogens is 203 g/mol. The van der Waals surface area contributed by atoms with Crippen LogP contribution in [0.2, 0.25) is 0 Å². The minimum atomic E-state index is -0.246. The largest absolute Gasteiger partial charge is 0.494 e. The fraction of sp³-hybridized carbons (Fsp3) is 0.429. The summed E-state index contributed by atoms with van der Waals surface area (Å²) in [5.74, 6) is 0.0695. The topological polar surface area (TPSA) is 9.23 Å². The first-order valence-electron chi connectivity index (χ1n) is 5.68. The third-order valence-corrected chi connectivity index (χ3v) is 2.70. The summed E-state index contributed by atoms with van der Waals surface area (Å²) in [6.45, 7) is 6.03. The van der Waals surface area contributed by atoms with E-state index in [9.17, 15) is 4.39 Å². The quantitative estimate of drug-likeness (QED) is 0.741. The SMILES string of the molecule is CC/C=C(\C)c1c(CC)ccc(OC)c1F. The van der Waals surface area contributed by atoms with Crippen molar-refractivity contribution in [2.45, 2.75) is 33.6 Å². The Morgan fingerprint density at radius 1 is 1.38 bits per heavy atom. The van der Waals surface area contributed by atoms with Crippen LogP contribution in [0.5, 0.6) is 5.75 Å². The molecule has 0 fully saturated rings. The molecule has 0 saturated carbocycles. The fourth-order valence-corrected chi connectivity index (χ4v) is 1.88. The van der Waals surface area contributed by atoms with E-state index >= 15 is 0 Å². The fourth-order valence-electron chi connectivity index (χ4n) is 1.88. The van der Waals surface area contributed by atoms with Gasteiger partial charge in [0.05, 0.1) is 7.11 Å². The summed E-state index contributed by atoms with van der Waals surface area (Å²) in [6.07, 6.45) is 3.77. The average molecular weight is 222 g/mol. The second kappa shape index (κ2) is 5.69. The maximum atomic E-state index is 14.1. The molecule has 0 aliphatic heterocycles. The smallest absolute Gasteiger partial charge is 0.172 e. The highest BCUT2D eigenvalue weighted by molar-refractivity contribution is 5.68. The zero-order valence-corrected chi connectivity index (χ0v) is 10.4. The van der Waals surface area contributed by atoms with Crippen molar-refractivity contribution in [3.63, 3.8) is 0 Å². The minimum Gasteiger partial charge on any atom is -0.494 e. The van der Waals surface area contributed by atoms with Crippen LogP contribution in [0.15, 0.2) is 18.2 Å². The van der Waals surface area contributed by atoms with Gasteiger partial charge in [-0.15, -0.1) is 0 Å². The predicted molar refractivity (Wildman–Crippen MR) is 66.3 cm³/mol. The summed E-state index contributed by atoms with van der Waals surface area (Å²) >= 11 is 0. The van der Waals surface area contributed by atoms with Crippen LogP contribution in [0.4, 0.5) is 4.39 Å². The van der Waals surface area contributed by atoms with Crippen molar-refractivity contribution in [1.82, 2.24) is 0 Å². The number of benzene rings is 1. The summed E-state index contributed by atoms with van der Waals surface area (Å²) in [5.41, 5.74) is 2.71. The van der Waals surface area contributed by atoms with Crippen molar-refractivity contribution < 1.29 is 9.13 Å². The number of hydrogen-bond donors (Lipinski definition) is 0. The summed E-state index contributed by atoms with van der Waals surface area (Å²) in [4.78, 5) is 0. The van der Waals surface area contributed by atoms with E-state index in [0.717, 1.165) is 24.0 Å². The molecule has 0 radical (unpaired) electrons. The van der Waals surface area contributed by atoms with E-state index in [1.165, 1.54) is 7.11 Å². The molecule has 0 atom stereocenters.